The normalized spacial score (nSPS) is 30.5. The minimum Gasteiger partial charge on any atom is -0.391 e. The van der Waals surface area contributed by atoms with Crippen LogP contribution in [0, 0.1) is 10.8 Å². The maximum atomic E-state index is 13.3. The first-order valence-corrected chi connectivity index (χ1v) is 8.95. The summed E-state index contributed by atoms with van der Waals surface area (Å²) in [6.45, 7) is 6.77. The van der Waals surface area contributed by atoms with E-state index in [4.69, 9.17) is 0 Å². The Balaban J connectivity index is 2.11. The van der Waals surface area contributed by atoms with Crippen molar-refractivity contribution in [2.45, 2.75) is 65.0 Å². The molecule has 2 aliphatic rings. The summed E-state index contributed by atoms with van der Waals surface area (Å²) < 4.78 is 52.9. The van der Waals surface area contributed by atoms with Crippen LogP contribution in [-0.2, 0) is 10.0 Å². The molecule has 0 heterocycles. The van der Waals surface area contributed by atoms with Crippen molar-refractivity contribution < 1.29 is 22.3 Å². The lowest BCUT2D eigenvalue weighted by Crippen LogP contribution is -2.45. The van der Waals surface area contributed by atoms with Gasteiger partial charge in [-0.1, -0.05) is 27.7 Å². The van der Waals surface area contributed by atoms with Crippen LogP contribution in [0.2, 0.25) is 0 Å². The van der Waals surface area contributed by atoms with E-state index in [1.165, 1.54) is 11.2 Å². The van der Waals surface area contributed by atoms with Crippen molar-refractivity contribution in [3.05, 3.63) is 0 Å². The highest BCUT2D eigenvalue weighted by atomic mass is 32.2. The molecule has 0 aliphatic heterocycles. The lowest BCUT2D eigenvalue weighted by atomic mass is 9.89. The average molecular weight is 325 g/mol. The molecule has 2 aliphatic carbocycles. The van der Waals surface area contributed by atoms with Gasteiger partial charge in [-0.05, 0) is 18.3 Å². The Morgan fingerprint density at radius 3 is 2.14 bits per heavy atom. The number of sulfonamides is 1. The van der Waals surface area contributed by atoms with Gasteiger partial charge in [-0.25, -0.2) is 17.2 Å². The predicted molar refractivity (Wildman–Crippen MR) is 76.6 cm³/mol. The SMILES string of the molecule is CC(C)(C)C(O)CN(C1CC1)S(=O)(=O)CC1(C)CC1(F)F. The first-order valence-electron chi connectivity index (χ1n) is 7.34. The van der Waals surface area contributed by atoms with Gasteiger partial charge in [-0.3, -0.25) is 0 Å². The highest BCUT2D eigenvalue weighted by Crippen LogP contribution is 2.61. The molecular weight excluding hydrogens is 300 g/mol. The Kier molecular flexibility index (Phi) is 3.96. The Bertz CT molecular complexity index is 511. The van der Waals surface area contributed by atoms with E-state index in [2.05, 4.69) is 0 Å². The third-order valence-electron chi connectivity index (χ3n) is 4.54. The van der Waals surface area contributed by atoms with Crippen molar-refractivity contribution in [1.82, 2.24) is 4.31 Å². The number of aliphatic hydroxyl groups excluding tert-OH is 1. The monoisotopic (exact) mass is 325 g/mol. The number of nitrogens with zero attached hydrogens (tertiary/aromatic N) is 1. The molecule has 0 spiro atoms. The van der Waals surface area contributed by atoms with Crippen LogP contribution in [0.15, 0.2) is 0 Å². The van der Waals surface area contributed by atoms with E-state index < -0.39 is 38.6 Å². The smallest absolute Gasteiger partial charge is 0.255 e. The number of alkyl halides is 2. The van der Waals surface area contributed by atoms with E-state index in [1.807, 2.05) is 20.8 Å². The topological polar surface area (TPSA) is 57.6 Å². The molecule has 0 amide bonds. The highest BCUT2D eigenvalue weighted by molar-refractivity contribution is 7.89. The van der Waals surface area contributed by atoms with Gasteiger partial charge >= 0.3 is 0 Å². The van der Waals surface area contributed by atoms with E-state index >= 15 is 0 Å². The van der Waals surface area contributed by atoms with Crippen molar-refractivity contribution in [2.24, 2.45) is 10.8 Å². The summed E-state index contributed by atoms with van der Waals surface area (Å²) in [7, 11) is -3.79. The van der Waals surface area contributed by atoms with E-state index in [1.54, 1.807) is 0 Å². The van der Waals surface area contributed by atoms with E-state index in [0.29, 0.717) is 0 Å². The Morgan fingerprint density at radius 2 is 1.81 bits per heavy atom. The molecule has 7 heteroatoms. The maximum absolute atomic E-state index is 13.3. The molecule has 2 unspecified atom stereocenters. The highest BCUT2D eigenvalue weighted by Gasteiger charge is 2.69. The molecule has 2 rings (SSSR count). The Hall–Kier alpha value is -0.270. The second kappa shape index (κ2) is 4.86. The minimum absolute atomic E-state index is 0.0157. The van der Waals surface area contributed by atoms with Gasteiger partial charge in [0.05, 0.1) is 17.3 Å². The van der Waals surface area contributed by atoms with Crippen LogP contribution >= 0.6 is 0 Å². The molecule has 0 radical (unpaired) electrons. The van der Waals surface area contributed by atoms with Crippen molar-refractivity contribution in [2.75, 3.05) is 12.3 Å². The molecule has 2 atom stereocenters. The van der Waals surface area contributed by atoms with Crippen molar-refractivity contribution in [1.29, 1.82) is 0 Å². The van der Waals surface area contributed by atoms with E-state index in [-0.39, 0.29) is 19.0 Å². The van der Waals surface area contributed by atoms with Crippen LogP contribution in [0.25, 0.3) is 0 Å². The molecule has 2 saturated carbocycles. The summed E-state index contributed by atoms with van der Waals surface area (Å²) in [6, 6.07) is -0.136. The summed E-state index contributed by atoms with van der Waals surface area (Å²) in [6.07, 6.45) is 0.284. The van der Waals surface area contributed by atoms with Crippen LogP contribution in [-0.4, -0.2) is 48.2 Å². The molecule has 0 aromatic rings. The minimum atomic E-state index is -3.79. The van der Waals surface area contributed by atoms with Gasteiger partial charge in [0, 0.05) is 19.0 Å². The van der Waals surface area contributed by atoms with Crippen LogP contribution in [0.3, 0.4) is 0 Å². The second-order valence-corrected chi connectivity index (χ2v) is 9.80. The first kappa shape index (κ1) is 17.1. The summed E-state index contributed by atoms with van der Waals surface area (Å²) in [5.74, 6) is -3.43. The average Bonchev–Trinajstić information content (AvgIpc) is 3.12. The zero-order valence-corrected chi connectivity index (χ0v) is 13.9. The fourth-order valence-corrected chi connectivity index (χ4v) is 4.70. The Morgan fingerprint density at radius 1 is 1.33 bits per heavy atom. The van der Waals surface area contributed by atoms with E-state index in [0.717, 1.165) is 12.8 Å². The molecule has 0 aromatic heterocycles. The molecule has 0 aromatic carbocycles. The van der Waals surface area contributed by atoms with Crippen LogP contribution in [0.1, 0.15) is 47.0 Å². The van der Waals surface area contributed by atoms with Gasteiger partial charge in [0.25, 0.3) is 5.92 Å². The van der Waals surface area contributed by atoms with Gasteiger partial charge in [0.15, 0.2) is 0 Å². The van der Waals surface area contributed by atoms with Crippen LogP contribution < -0.4 is 0 Å². The summed E-state index contributed by atoms with van der Waals surface area (Å²) in [5, 5.41) is 10.2. The largest absolute Gasteiger partial charge is 0.391 e. The van der Waals surface area contributed by atoms with Gasteiger partial charge in [-0.15, -0.1) is 0 Å². The lowest BCUT2D eigenvalue weighted by Gasteiger charge is -2.32. The number of aliphatic hydroxyl groups is 1. The maximum Gasteiger partial charge on any atom is 0.255 e. The zero-order valence-electron chi connectivity index (χ0n) is 13.1. The molecule has 1 N–H and O–H groups in total. The fourth-order valence-electron chi connectivity index (χ4n) is 2.38. The van der Waals surface area contributed by atoms with E-state index in [9.17, 15) is 22.3 Å². The summed E-state index contributed by atoms with van der Waals surface area (Å²) in [4.78, 5) is 0. The molecule has 4 nitrogen and oxygen atoms in total. The second-order valence-electron chi connectivity index (χ2n) is 7.88. The summed E-state index contributed by atoms with van der Waals surface area (Å²) in [5.41, 5.74) is -1.90. The van der Waals surface area contributed by atoms with Gasteiger partial charge < -0.3 is 5.11 Å². The van der Waals surface area contributed by atoms with Crippen LogP contribution in [0.5, 0.6) is 0 Å². The Labute approximate surface area is 125 Å². The van der Waals surface area contributed by atoms with Crippen molar-refractivity contribution in [3.63, 3.8) is 0 Å². The number of halogens is 2. The zero-order chi connectivity index (χ0) is 16.3. The number of hydrogen-bond acceptors (Lipinski definition) is 3. The fraction of sp³-hybridized carbons (Fsp3) is 1.00. The lowest BCUT2D eigenvalue weighted by molar-refractivity contribution is 0.0450. The molecule has 21 heavy (non-hydrogen) atoms. The van der Waals surface area contributed by atoms with Gasteiger partial charge in [0.2, 0.25) is 10.0 Å². The van der Waals surface area contributed by atoms with Crippen LogP contribution in [0.4, 0.5) is 8.78 Å². The quantitative estimate of drug-likeness (QED) is 0.815. The molecule has 2 fully saturated rings. The van der Waals surface area contributed by atoms with Gasteiger partial charge in [-0.2, -0.15) is 4.31 Å². The molecule has 0 bridgehead atoms. The number of hydrogen-bond donors (Lipinski definition) is 1. The first-order chi connectivity index (χ1) is 9.29. The third kappa shape index (κ3) is 3.56. The van der Waals surface area contributed by atoms with Crippen molar-refractivity contribution >= 4 is 10.0 Å². The molecule has 0 saturated heterocycles. The third-order valence-corrected chi connectivity index (χ3v) is 6.70. The standard InChI is InChI=1S/C14H25F2NO3S/c1-12(2,3)11(18)7-17(10-5-6-10)21(19,20)9-13(4)8-14(13,15)16/h10-11,18H,5-9H2,1-4H3. The summed E-state index contributed by atoms with van der Waals surface area (Å²) >= 11 is 0. The van der Waals surface area contributed by atoms with Gasteiger partial charge in [0.1, 0.15) is 0 Å². The predicted octanol–water partition coefficient (Wildman–Crippen LogP) is 2.23. The van der Waals surface area contributed by atoms with Crippen molar-refractivity contribution in [3.8, 4) is 0 Å². The molecule has 124 valence electrons. The molecular formula is C14H25F2NO3S. The number of rotatable bonds is 6.